The van der Waals surface area contributed by atoms with Gasteiger partial charge in [0.25, 0.3) is 11.5 Å². The minimum atomic E-state index is -0.207. The van der Waals surface area contributed by atoms with E-state index in [1.165, 1.54) is 10.9 Å². The number of amides is 1. The maximum Gasteiger partial charge on any atom is 0.280 e. The average Bonchev–Trinajstić information content (AvgIpc) is 3.46. The van der Waals surface area contributed by atoms with Crippen molar-refractivity contribution in [3.8, 4) is 11.3 Å². The Morgan fingerprint density at radius 3 is 2.41 bits per heavy atom. The zero-order chi connectivity index (χ0) is 23.2. The van der Waals surface area contributed by atoms with Crippen molar-refractivity contribution in [3.05, 3.63) is 92.9 Å². The monoisotopic (exact) mass is 472 g/mol. The predicted octanol–water partition coefficient (Wildman–Crippen LogP) is 5.15. The zero-order valence-electron chi connectivity index (χ0n) is 18.8. The third-order valence-corrected chi connectivity index (χ3v) is 7.36. The van der Waals surface area contributed by atoms with Crippen LogP contribution in [0.4, 0.5) is 0 Å². The topological polar surface area (TPSA) is 59.6 Å². The molecule has 0 atom stereocenters. The van der Waals surface area contributed by atoms with Crippen LogP contribution in [0.5, 0.6) is 0 Å². The zero-order valence-corrected chi connectivity index (χ0v) is 19.5. The normalized spacial score (nSPS) is 16.4. The molecule has 7 heteroatoms. The molecule has 6 nitrogen and oxygen atoms in total. The fourth-order valence-corrected chi connectivity index (χ4v) is 5.49. The molecule has 34 heavy (non-hydrogen) atoms. The summed E-state index contributed by atoms with van der Waals surface area (Å²) in [6, 6.07) is 19.5. The van der Waals surface area contributed by atoms with E-state index in [2.05, 4.69) is 5.10 Å². The molecule has 1 aliphatic carbocycles. The first-order valence-electron chi connectivity index (χ1n) is 11.9. The lowest BCUT2D eigenvalue weighted by molar-refractivity contribution is 0.0652. The second kappa shape index (κ2) is 8.44. The number of benzene rings is 2. The minimum absolute atomic E-state index is 0.0355. The molecule has 0 spiro atoms. The molecule has 172 valence electrons. The standard InChI is InChI=1S/C27H25ClN4O2/c28-20-13-11-19(12-14-20)23-15-24-31(16-18-7-3-1-4-8-18)25-22(26(33)32(24)29-23)17-30(27(25)34)21-9-5-2-6-10-21/h1,3-4,7-8,11-15,21H,2,5-6,9-10,16-17H2. The van der Waals surface area contributed by atoms with Gasteiger partial charge >= 0.3 is 0 Å². The summed E-state index contributed by atoms with van der Waals surface area (Å²) in [5.41, 5.74) is 4.08. The highest BCUT2D eigenvalue weighted by Gasteiger charge is 2.38. The van der Waals surface area contributed by atoms with Crippen LogP contribution in [0, 0.1) is 0 Å². The van der Waals surface area contributed by atoms with E-state index >= 15 is 0 Å². The van der Waals surface area contributed by atoms with Crippen molar-refractivity contribution in [2.24, 2.45) is 0 Å². The maximum absolute atomic E-state index is 13.7. The predicted molar refractivity (Wildman–Crippen MR) is 132 cm³/mol. The van der Waals surface area contributed by atoms with Gasteiger partial charge < -0.3 is 9.47 Å². The van der Waals surface area contributed by atoms with Gasteiger partial charge in [-0.3, -0.25) is 9.59 Å². The van der Waals surface area contributed by atoms with Crippen LogP contribution in [0.2, 0.25) is 5.02 Å². The fourth-order valence-electron chi connectivity index (χ4n) is 5.36. The van der Waals surface area contributed by atoms with Gasteiger partial charge in [-0.1, -0.05) is 73.3 Å². The van der Waals surface area contributed by atoms with Gasteiger partial charge in [-0.05, 0) is 30.5 Å². The summed E-state index contributed by atoms with van der Waals surface area (Å²) >= 11 is 6.06. The molecule has 1 aliphatic heterocycles. The van der Waals surface area contributed by atoms with Crippen LogP contribution in [0.1, 0.15) is 53.7 Å². The first-order valence-corrected chi connectivity index (χ1v) is 12.2. The van der Waals surface area contributed by atoms with Crippen molar-refractivity contribution in [1.29, 1.82) is 0 Å². The number of halogens is 1. The van der Waals surface area contributed by atoms with Crippen molar-refractivity contribution in [3.63, 3.8) is 0 Å². The van der Waals surface area contributed by atoms with E-state index in [0.717, 1.165) is 36.8 Å². The first-order chi connectivity index (χ1) is 16.6. The van der Waals surface area contributed by atoms with E-state index < -0.39 is 0 Å². The lowest BCUT2D eigenvalue weighted by Gasteiger charge is -2.30. The van der Waals surface area contributed by atoms with E-state index in [4.69, 9.17) is 11.6 Å². The van der Waals surface area contributed by atoms with Crippen LogP contribution in [0.25, 0.3) is 16.9 Å². The molecule has 0 unspecified atom stereocenters. The number of hydrogen-bond donors (Lipinski definition) is 0. The van der Waals surface area contributed by atoms with Gasteiger partial charge in [0.2, 0.25) is 0 Å². The molecule has 0 bridgehead atoms. The Labute approximate surface area is 202 Å². The van der Waals surface area contributed by atoms with E-state index in [0.29, 0.717) is 40.7 Å². The molecule has 1 fully saturated rings. The molecule has 3 heterocycles. The van der Waals surface area contributed by atoms with Gasteiger partial charge in [0.05, 0.1) is 17.8 Å². The van der Waals surface area contributed by atoms with Crippen LogP contribution in [0.3, 0.4) is 0 Å². The number of carbonyl (C=O) groups is 1. The Morgan fingerprint density at radius 2 is 1.68 bits per heavy atom. The molecule has 2 aromatic carbocycles. The lowest BCUT2D eigenvalue weighted by atomic mass is 9.94. The Bertz CT molecular complexity index is 1430. The maximum atomic E-state index is 13.7. The van der Waals surface area contributed by atoms with Crippen molar-refractivity contribution >= 4 is 23.2 Å². The largest absolute Gasteiger partial charge is 0.330 e. The SMILES string of the molecule is O=C1c2c(c(=O)n3nc(-c4ccc(Cl)cc4)cc3n2Cc2ccccc2)CN1C1CCCCC1. The molecular weight excluding hydrogens is 448 g/mol. The summed E-state index contributed by atoms with van der Waals surface area (Å²) in [4.78, 5) is 29.2. The first kappa shape index (κ1) is 21.2. The van der Waals surface area contributed by atoms with E-state index in [9.17, 15) is 9.59 Å². The molecular formula is C27H25ClN4O2. The summed E-state index contributed by atoms with van der Waals surface area (Å²) in [5, 5.41) is 5.31. The molecule has 0 saturated heterocycles. The number of fused-ring (bicyclic) bond motifs is 2. The summed E-state index contributed by atoms with van der Waals surface area (Å²) in [7, 11) is 0. The number of hydrogen-bond acceptors (Lipinski definition) is 3. The number of nitrogens with zero attached hydrogens (tertiary/aromatic N) is 4. The molecule has 0 N–H and O–H groups in total. The fraction of sp³-hybridized carbons (Fsp3) is 0.296. The van der Waals surface area contributed by atoms with Crippen LogP contribution in [-0.4, -0.2) is 31.0 Å². The van der Waals surface area contributed by atoms with Crippen LogP contribution in [-0.2, 0) is 13.1 Å². The summed E-state index contributed by atoms with van der Waals surface area (Å²) < 4.78 is 3.44. The Balaban J connectivity index is 1.53. The highest BCUT2D eigenvalue weighted by Crippen LogP contribution is 2.31. The molecule has 6 rings (SSSR count). The third kappa shape index (κ3) is 3.53. The molecule has 2 aliphatic rings. The van der Waals surface area contributed by atoms with Crippen molar-refractivity contribution in [1.82, 2.24) is 19.1 Å². The van der Waals surface area contributed by atoms with Gasteiger partial charge in [-0.2, -0.15) is 9.61 Å². The minimum Gasteiger partial charge on any atom is -0.330 e. The van der Waals surface area contributed by atoms with E-state index in [-0.39, 0.29) is 17.5 Å². The average molecular weight is 473 g/mol. The van der Waals surface area contributed by atoms with Gasteiger partial charge in [-0.25, -0.2) is 0 Å². The second-order valence-corrected chi connectivity index (χ2v) is 9.67. The van der Waals surface area contributed by atoms with Crippen LogP contribution >= 0.6 is 11.6 Å². The third-order valence-electron chi connectivity index (χ3n) is 7.10. The van der Waals surface area contributed by atoms with Gasteiger partial charge in [0, 0.05) is 29.2 Å². The summed E-state index contributed by atoms with van der Waals surface area (Å²) in [6.07, 6.45) is 5.49. The molecule has 1 amide bonds. The molecule has 1 saturated carbocycles. The summed E-state index contributed by atoms with van der Waals surface area (Å²) in [6.45, 7) is 0.849. The van der Waals surface area contributed by atoms with Gasteiger partial charge in [0.1, 0.15) is 11.3 Å². The van der Waals surface area contributed by atoms with Crippen LogP contribution < -0.4 is 5.56 Å². The Hall–Kier alpha value is -3.38. The molecule has 0 radical (unpaired) electrons. The Kier molecular flexibility index (Phi) is 5.26. The van der Waals surface area contributed by atoms with Crippen molar-refractivity contribution < 1.29 is 4.79 Å². The number of aromatic nitrogens is 3. The van der Waals surface area contributed by atoms with Crippen molar-refractivity contribution in [2.45, 2.75) is 51.2 Å². The number of carbonyl (C=O) groups excluding carboxylic acids is 1. The molecule has 2 aromatic heterocycles. The lowest BCUT2D eigenvalue weighted by Crippen LogP contribution is -2.37. The second-order valence-electron chi connectivity index (χ2n) is 9.24. The van der Waals surface area contributed by atoms with Crippen LogP contribution in [0.15, 0.2) is 65.5 Å². The smallest absolute Gasteiger partial charge is 0.280 e. The number of rotatable bonds is 4. The van der Waals surface area contributed by atoms with Gasteiger partial charge in [-0.15, -0.1) is 0 Å². The van der Waals surface area contributed by atoms with E-state index in [1.54, 1.807) is 0 Å². The molecule has 4 aromatic rings. The summed E-state index contributed by atoms with van der Waals surface area (Å²) in [5.74, 6) is -0.0355. The Morgan fingerprint density at radius 1 is 0.941 bits per heavy atom. The van der Waals surface area contributed by atoms with E-state index in [1.807, 2.05) is 70.1 Å². The highest BCUT2D eigenvalue weighted by molar-refractivity contribution is 6.30. The van der Waals surface area contributed by atoms with Gasteiger partial charge in [0.15, 0.2) is 0 Å². The van der Waals surface area contributed by atoms with Crippen molar-refractivity contribution in [2.75, 3.05) is 0 Å². The highest BCUT2D eigenvalue weighted by atomic mass is 35.5. The quantitative estimate of drug-likeness (QED) is 0.412.